The van der Waals surface area contributed by atoms with Crippen LogP contribution in [0.1, 0.15) is 31.1 Å². The van der Waals surface area contributed by atoms with E-state index in [0.717, 1.165) is 13.1 Å². The van der Waals surface area contributed by atoms with E-state index < -0.39 is 10.8 Å². The number of carbonyl (C=O) groups is 1. The standard InChI is InChI=1S/C13H18ClN3O3/c1-4-16(5-2)9(3)15-13(18)10-7-6-8-11(14)12(10)17(19)20/h6-9H,4-5H2,1-3H3,(H,15,18). The molecule has 1 aromatic rings. The fourth-order valence-electron chi connectivity index (χ4n) is 2.01. The van der Waals surface area contributed by atoms with Gasteiger partial charge in [-0.2, -0.15) is 0 Å². The molecule has 7 heteroatoms. The van der Waals surface area contributed by atoms with Gasteiger partial charge < -0.3 is 5.32 Å². The summed E-state index contributed by atoms with van der Waals surface area (Å²) in [6.45, 7) is 7.34. The summed E-state index contributed by atoms with van der Waals surface area (Å²) in [5, 5.41) is 13.7. The highest BCUT2D eigenvalue weighted by atomic mass is 35.5. The number of nitrogens with one attached hydrogen (secondary N) is 1. The fourth-order valence-corrected chi connectivity index (χ4v) is 2.26. The number of nitro groups is 1. The van der Waals surface area contributed by atoms with Crippen molar-refractivity contribution in [2.45, 2.75) is 26.9 Å². The smallest absolute Gasteiger partial charge is 0.300 e. The normalized spacial score (nSPS) is 12.2. The van der Waals surface area contributed by atoms with Crippen LogP contribution in [-0.2, 0) is 0 Å². The second kappa shape index (κ2) is 7.21. The molecule has 1 amide bonds. The lowest BCUT2D eigenvalue weighted by molar-refractivity contribution is -0.385. The quantitative estimate of drug-likeness (QED) is 0.498. The Morgan fingerprint density at radius 1 is 1.45 bits per heavy atom. The van der Waals surface area contributed by atoms with Crippen LogP contribution in [0.5, 0.6) is 0 Å². The SMILES string of the molecule is CCN(CC)C(C)NC(=O)c1cccc(Cl)c1[N+](=O)[O-]. The van der Waals surface area contributed by atoms with Gasteiger partial charge in [-0.15, -0.1) is 0 Å². The molecule has 1 unspecified atom stereocenters. The van der Waals surface area contributed by atoms with Crippen molar-refractivity contribution in [3.8, 4) is 0 Å². The van der Waals surface area contributed by atoms with E-state index in [1.165, 1.54) is 18.2 Å². The summed E-state index contributed by atoms with van der Waals surface area (Å²) < 4.78 is 0. The Morgan fingerprint density at radius 3 is 2.55 bits per heavy atom. The van der Waals surface area contributed by atoms with Crippen molar-refractivity contribution in [1.29, 1.82) is 0 Å². The van der Waals surface area contributed by atoms with Crippen molar-refractivity contribution in [1.82, 2.24) is 10.2 Å². The molecule has 0 bridgehead atoms. The lowest BCUT2D eigenvalue weighted by Gasteiger charge is -2.27. The fraction of sp³-hybridized carbons (Fsp3) is 0.462. The number of rotatable bonds is 6. The highest BCUT2D eigenvalue weighted by molar-refractivity contribution is 6.33. The first-order valence-corrected chi connectivity index (χ1v) is 6.77. The molecule has 1 aromatic carbocycles. The summed E-state index contributed by atoms with van der Waals surface area (Å²) in [5.74, 6) is -0.501. The van der Waals surface area contributed by atoms with Crippen LogP contribution in [0.25, 0.3) is 0 Å². The maximum absolute atomic E-state index is 12.2. The van der Waals surface area contributed by atoms with Gasteiger partial charge in [0.1, 0.15) is 10.6 Å². The molecular formula is C13H18ClN3O3. The number of hydrogen-bond acceptors (Lipinski definition) is 4. The van der Waals surface area contributed by atoms with E-state index in [1.807, 2.05) is 25.7 Å². The van der Waals surface area contributed by atoms with Gasteiger partial charge in [0.15, 0.2) is 0 Å². The first kappa shape index (κ1) is 16.4. The molecule has 0 aromatic heterocycles. The molecule has 0 aliphatic heterocycles. The summed E-state index contributed by atoms with van der Waals surface area (Å²) in [7, 11) is 0. The predicted octanol–water partition coefficient (Wildman–Crippen LogP) is 2.67. The summed E-state index contributed by atoms with van der Waals surface area (Å²) in [6.07, 6.45) is -0.212. The van der Waals surface area contributed by atoms with Crippen molar-refractivity contribution in [3.05, 3.63) is 38.9 Å². The van der Waals surface area contributed by atoms with Crippen LogP contribution in [0.3, 0.4) is 0 Å². The molecule has 0 spiro atoms. The van der Waals surface area contributed by atoms with Gasteiger partial charge in [-0.25, -0.2) is 0 Å². The van der Waals surface area contributed by atoms with Gasteiger partial charge in [0.2, 0.25) is 0 Å². The zero-order chi connectivity index (χ0) is 15.3. The van der Waals surface area contributed by atoms with E-state index in [2.05, 4.69) is 5.32 Å². The Bertz CT molecular complexity index is 504. The number of nitro benzene ring substituents is 1. The number of benzene rings is 1. The third-order valence-corrected chi connectivity index (χ3v) is 3.42. The largest absolute Gasteiger partial charge is 0.337 e. The summed E-state index contributed by atoms with van der Waals surface area (Å²) in [6, 6.07) is 4.31. The number of amides is 1. The number of hydrogen-bond donors (Lipinski definition) is 1. The Morgan fingerprint density at radius 2 is 2.05 bits per heavy atom. The summed E-state index contributed by atoms with van der Waals surface area (Å²) in [5.41, 5.74) is -0.389. The number of nitrogens with zero attached hydrogens (tertiary/aromatic N) is 2. The topological polar surface area (TPSA) is 75.5 Å². The van der Waals surface area contributed by atoms with E-state index in [1.54, 1.807) is 0 Å². The Balaban J connectivity index is 2.99. The van der Waals surface area contributed by atoms with Crippen LogP contribution in [0.2, 0.25) is 5.02 Å². The summed E-state index contributed by atoms with van der Waals surface area (Å²) in [4.78, 5) is 24.6. The maximum atomic E-state index is 12.2. The van der Waals surface area contributed by atoms with Crippen LogP contribution in [0, 0.1) is 10.1 Å². The minimum Gasteiger partial charge on any atom is -0.337 e. The van der Waals surface area contributed by atoms with E-state index >= 15 is 0 Å². The lowest BCUT2D eigenvalue weighted by atomic mass is 10.1. The third-order valence-electron chi connectivity index (χ3n) is 3.11. The van der Waals surface area contributed by atoms with Crippen molar-refractivity contribution < 1.29 is 9.72 Å². The van der Waals surface area contributed by atoms with Crippen molar-refractivity contribution in [2.75, 3.05) is 13.1 Å². The Labute approximate surface area is 122 Å². The van der Waals surface area contributed by atoms with Gasteiger partial charge in [0.25, 0.3) is 5.91 Å². The van der Waals surface area contributed by atoms with Crippen LogP contribution < -0.4 is 5.32 Å². The summed E-state index contributed by atoms with van der Waals surface area (Å²) >= 11 is 5.79. The number of halogens is 1. The van der Waals surface area contributed by atoms with Crippen LogP contribution >= 0.6 is 11.6 Å². The molecule has 0 aliphatic carbocycles. The van der Waals surface area contributed by atoms with Crippen LogP contribution in [0.4, 0.5) is 5.69 Å². The molecular weight excluding hydrogens is 282 g/mol. The number of para-hydroxylation sites is 1. The first-order chi connectivity index (χ1) is 9.42. The van der Waals surface area contributed by atoms with E-state index in [4.69, 9.17) is 11.6 Å². The molecule has 0 radical (unpaired) electrons. The maximum Gasteiger partial charge on any atom is 0.300 e. The van der Waals surface area contributed by atoms with Crippen molar-refractivity contribution >= 4 is 23.2 Å². The molecule has 1 atom stereocenters. The van der Waals surface area contributed by atoms with E-state index in [9.17, 15) is 14.9 Å². The van der Waals surface area contributed by atoms with Crippen molar-refractivity contribution in [2.24, 2.45) is 0 Å². The molecule has 0 saturated carbocycles. The second-order valence-electron chi connectivity index (χ2n) is 4.26. The van der Waals surface area contributed by atoms with Gasteiger partial charge in [-0.3, -0.25) is 19.8 Å². The molecule has 0 saturated heterocycles. The first-order valence-electron chi connectivity index (χ1n) is 6.40. The molecule has 1 N–H and O–H groups in total. The van der Waals surface area contributed by atoms with Gasteiger partial charge in [0.05, 0.1) is 11.1 Å². The number of carbonyl (C=O) groups excluding carboxylic acids is 1. The average Bonchev–Trinajstić information content (AvgIpc) is 2.39. The molecule has 0 aliphatic rings. The molecule has 110 valence electrons. The minimum atomic E-state index is -0.640. The molecule has 6 nitrogen and oxygen atoms in total. The molecule has 0 fully saturated rings. The van der Waals surface area contributed by atoms with Crippen LogP contribution in [-0.4, -0.2) is 35.0 Å². The average molecular weight is 300 g/mol. The lowest BCUT2D eigenvalue weighted by Crippen LogP contribution is -2.46. The molecule has 0 heterocycles. The van der Waals surface area contributed by atoms with Gasteiger partial charge in [0, 0.05) is 0 Å². The monoisotopic (exact) mass is 299 g/mol. The Hall–Kier alpha value is -1.66. The second-order valence-corrected chi connectivity index (χ2v) is 4.67. The zero-order valence-electron chi connectivity index (χ0n) is 11.7. The third kappa shape index (κ3) is 3.68. The van der Waals surface area contributed by atoms with Gasteiger partial charge in [-0.1, -0.05) is 31.5 Å². The Kier molecular flexibility index (Phi) is 5.91. The van der Waals surface area contributed by atoms with Crippen LogP contribution in [0.15, 0.2) is 18.2 Å². The highest BCUT2D eigenvalue weighted by Crippen LogP contribution is 2.28. The van der Waals surface area contributed by atoms with E-state index in [0.29, 0.717) is 0 Å². The minimum absolute atomic E-state index is 0.0264. The van der Waals surface area contributed by atoms with Crippen molar-refractivity contribution in [3.63, 3.8) is 0 Å². The highest BCUT2D eigenvalue weighted by Gasteiger charge is 2.25. The zero-order valence-corrected chi connectivity index (χ0v) is 12.5. The van der Waals surface area contributed by atoms with E-state index in [-0.39, 0.29) is 22.4 Å². The predicted molar refractivity (Wildman–Crippen MR) is 78.0 cm³/mol. The van der Waals surface area contributed by atoms with Gasteiger partial charge in [-0.05, 0) is 32.1 Å². The molecule has 20 heavy (non-hydrogen) atoms. The van der Waals surface area contributed by atoms with Gasteiger partial charge >= 0.3 is 5.69 Å². The molecule has 1 rings (SSSR count).